The highest BCUT2D eigenvalue weighted by atomic mass is 19.4. The Morgan fingerprint density at radius 2 is 1.88 bits per heavy atom. The second kappa shape index (κ2) is 6.83. The number of unbranched alkanes of at least 4 members (excludes halogenated alkanes) is 1. The molecule has 0 spiro atoms. The van der Waals surface area contributed by atoms with Crippen molar-refractivity contribution < 1.29 is 18.0 Å². The molecule has 1 amide bonds. The summed E-state index contributed by atoms with van der Waals surface area (Å²) in [6.07, 6.45) is -3.05. The minimum atomic E-state index is -4.36. The number of amides is 1. The van der Waals surface area contributed by atoms with Crippen LogP contribution in [0.4, 0.5) is 13.2 Å². The van der Waals surface area contributed by atoms with Crippen molar-refractivity contribution in [3.63, 3.8) is 0 Å². The van der Waals surface area contributed by atoms with E-state index in [0.29, 0.717) is 6.42 Å². The third-order valence-electron chi connectivity index (χ3n) is 2.64. The van der Waals surface area contributed by atoms with Gasteiger partial charge in [0.15, 0.2) is 0 Å². The molecule has 2 unspecified atom stereocenters. The van der Waals surface area contributed by atoms with Crippen LogP contribution in [0.2, 0.25) is 0 Å². The van der Waals surface area contributed by atoms with Crippen LogP contribution in [0.25, 0.3) is 0 Å². The summed E-state index contributed by atoms with van der Waals surface area (Å²) in [6, 6.07) is -0.445. The fraction of sp³-hybridized carbons (Fsp3) is 0.909. The Morgan fingerprint density at radius 1 is 1.35 bits per heavy atom. The molecule has 2 N–H and O–H groups in total. The van der Waals surface area contributed by atoms with E-state index in [1.165, 1.54) is 0 Å². The summed E-state index contributed by atoms with van der Waals surface area (Å²) in [4.78, 5) is 12.7. The summed E-state index contributed by atoms with van der Waals surface area (Å²) in [5.74, 6) is -1.11. The van der Waals surface area contributed by atoms with Crippen molar-refractivity contribution >= 4 is 5.91 Å². The van der Waals surface area contributed by atoms with Crippen molar-refractivity contribution in [3.8, 4) is 0 Å². The van der Waals surface area contributed by atoms with Gasteiger partial charge < -0.3 is 10.6 Å². The first-order valence-corrected chi connectivity index (χ1v) is 5.80. The Kier molecular flexibility index (Phi) is 6.52. The number of rotatable bonds is 6. The van der Waals surface area contributed by atoms with E-state index < -0.39 is 30.6 Å². The number of hydrogen-bond acceptors (Lipinski definition) is 2. The molecule has 0 saturated heterocycles. The van der Waals surface area contributed by atoms with Crippen LogP contribution in [-0.2, 0) is 4.79 Å². The second-order valence-corrected chi connectivity index (χ2v) is 4.38. The number of carbonyl (C=O) groups is 1. The monoisotopic (exact) mass is 254 g/mol. The molecule has 0 aromatic carbocycles. The number of nitrogens with two attached hydrogens (primary N) is 1. The molecule has 0 fully saturated rings. The van der Waals surface area contributed by atoms with Gasteiger partial charge in [-0.15, -0.1) is 0 Å². The van der Waals surface area contributed by atoms with Crippen molar-refractivity contribution in [2.75, 3.05) is 13.1 Å². The van der Waals surface area contributed by atoms with E-state index in [1.54, 1.807) is 13.8 Å². The van der Waals surface area contributed by atoms with Crippen molar-refractivity contribution in [3.05, 3.63) is 0 Å². The van der Waals surface area contributed by atoms with Crippen LogP contribution in [-0.4, -0.2) is 36.1 Å². The summed E-state index contributed by atoms with van der Waals surface area (Å²) in [7, 11) is 0. The highest BCUT2D eigenvalue weighted by Gasteiger charge is 2.34. The molecule has 0 heterocycles. The minimum Gasteiger partial charge on any atom is -0.333 e. The first-order valence-electron chi connectivity index (χ1n) is 5.80. The Morgan fingerprint density at radius 3 is 2.24 bits per heavy atom. The average Bonchev–Trinajstić information content (AvgIpc) is 2.20. The van der Waals surface area contributed by atoms with Gasteiger partial charge in [0.05, 0.1) is 5.92 Å². The topological polar surface area (TPSA) is 46.3 Å². The van der Waals surface area contributed by atoms with Crippen LogP contribution in [0.15, 0.2) is 0 Å². The lowest BCUT2D eigenvalue weighted by atomic mass is 10.0. The number of carbonyl (C=O) groups excluding carboxylic acids is 1. The minimum absolute atomic E-state index is 0.131. The maximum atomic E-state index is 12.3. The molecule has 0 aromatic rings. The van der Waals surface area contributed by atoms with Gasteiger partial charge in [-0.1, -0.05) is 20.3 Å². The molecule has 0 bridgehead atoms. The van der Waals surface area contributed by atoms with Crippen LogP contribution in [0.1, 0.15) is 33.6 Å². The summed E-state index contributed by atoms with van der Waals surface area (Å²) in [5, 5.41) is 0. The first-order chi connectivity index (χ1) is 7.69. The Balaban J connectivity index is 4.61. The molecule has 0 saturated carbocycles. The van der Waals surface area contributed by atoms with Crippen molar-refractivity contribution in [1.29, 1.82) is 0 Å². The third-order valence-corrected chi connectivity index (χ3v) is 2.64. The zero-order valence-electron chi connectivity index (χ0n) is 10.5. The van der Waals surface area contributed by atoms with Gasteiger partial charge in [-0.25, -0.2) is 0 Å². The summed E-state index contributed by atoms with van der Waals surface area (Å²) in [6.45, 7) is 3.98. The molecule has 0 aliphatic carbocycles. The van der Waals surface area contributed by atoms with Crippen LogP contribution in [0.3, 0.4) is 0 Å². The molecule has 0 aromatic heterocycles. The maximum absolute atomic E-state index is 12.3. The van der Waals surface area contributed by atoms with Crippen LogP contribution in [0, 0.1) is 5.92 Å². The van der Waals surface area contributed by atoms with Crippen molar-refractivity contribution in [2.24, 2.45) is 11.7 Å². The van der Waals surface area contributed by atoms with E-state index in [2.05, 4.69) is 0 Å². The van der Waals surface area contributed by atoms with E-state index >= 15 is 0 Å². The van der Waals surface area contributed by atoms with Gasteiger partial charge in [0.1, 0.15) is 6.54 Å². The Labute approximate surface area is 100 Å². The van der Waals surface area contributed by atoms with Crippen molar-refractivity contribution in [1.82, 2.24) is 4.90 Å². The lowest BCUT2D eigenvalue weighted by Crippen LogP contribution is -2.46. The van der Waals surface area contributed by atoms with E-state index in [9.17, 15) is 18.0 Å². The quantitative estimate of drug-likeness (QED) is 0.789. The summed E-state index contributed by atoms with van der Waals surface area (Å²) in [5.41, 5.74) is 5.54. The lowest BCUT2D eigenvalue weighted by molar-refractivity contribution is -0.163. The third kappa shape index (κ3) is 6.51. The predicted molar refractivity (Wildman–Crippen MR) is 60.4 cm³/mol. The number of alkyl halides is 3. The Hall–Kier alpha value is -0.780. The van der Waals surface area contributed by atoms with E-state index in [4.69, 9.17) is 5.73 Å². The van der Waals surface area contributed by atoms with Crippen LogP contribution in [0.5, 0.6) is 0 Å². The number of nitrogens with zero attached hydrogens (tertiary/aromatic N) is 1. The zero-order valence-corrected chi connectivity index (χ0v) is 10.5. The zero-order chi connectivity index (χ0) is 13.6. The highest BCUT2D eigenvalue weighted by Crippen LogP contribution is 2.19. The molecule has 0 aliphatic rings. The van der Waals surface area contributed by atoms with Gasteiger partial charge in [0.25, 0.3) is 0 Å². The van der Waals surface area contributed by atoms with Crippen LogP contribution < -0.4 is 5.73 Å². The maximum Gasteiger partial charge on any atom is 0.406 e. The molecule has 17 heavy (non-hydrogen) atoms. The molecule has 0 aliphatic heterocycles. The standard InChI is InChI=1S/C11H21F3N2O/c1-4-5-6-16(7-11(12,13)14)10(17)8(2)9(3)15/h8-9H,4-7,15H2,1-3H3. The molecule has 2 atom stereocenters. The van der Waals surface area contributed by atoms with Gasteiger partial charge in [0, 0.05) is 12.6 Å². The Bertz CT molecular complexity index is 241. The van der Waals surface area contributed by atoms with E-state index in [1.807, 2.05) is 6.92 Å². The molecule has 0 rings (SSSR count). The second-order valence-electron chi connectivity index (χ2n) is 4.38. The van der Waals surface area contributed by atoms with Gasteiger partial charge in [0.2, 0.25) is 5.91 Å². The normalized spacial score (nSPS) is 15.5. The summed E-state index contributed by atoms with van der Waals surface area (Å²) < 4.78 is 37.0. The molecule has 6 heteroatoms. The van der Waals surface area contributed by atoms with E-state index in [-0.39, 0.29) is 6.54 Å². The average molecular weight is 254 g/mol. The molecule has 3 nitrogen and oxygen atoms in total. The molecular weight excluding hydrogens is 233 g/mol. The first kappa shape index (κ1) is 16.2. The fourth-order valence-corrected chi connectivity index (χ4v) is 1.35. The van der Waals surface area contributed by atoms with Gasteiger partial charge >= 0.3 is 6.18 Å². The van der Waals surface area contributed by atoms with Gasteiger partial charge in [-0.05, 0) is 13.3 Å². The van der Waals surface area contributed by atoms with Crippen molar-refractivity contribution in [2.45, 2.75) is 45.8 Å². The highest BCUT2D eigenvalue weighted by molar-refractivity contribution is 5.79. The fourth-order valence-electron chi connectivity index (χ4n) is 1.35. The molecule has 102 valence electrons. The smallest absolute Gasteiger partial charge is 0.333 e. The summed E-state index contributed by atoms with van der Waals surface area (Å²) >= 11 is 0. The largest absolute Gasteiger partial charge is 0.406 e. The molecule has 0 radical (unpaired) electrons. The number of hydrogen-bond donors (Lipinski definition) is 1. The van der Waals surface area contributed by atoms with Crippen LogP contribution >= 0.6 is 0 Å². The van der Waals surface area contributed by atoms with Gasteiger partial charge in [-0.2, -0.15) is 13.2 Å². The van der Waals surface area contributed by atoms with Gasteiger partial charge in [-0.3, -0.25) is 4.79 Å². The van der Waals surface area contributed by atoms with E-state index in [0.717, 1.165) is 11.3 Å². The lowest BCUT2D eigenvalue weighted by Gasteiger charge is -2.28. The predicted octanol–water partition coefficient (Wildman–Crippen LogP) is 2.16. The molecular formula is C11H21F3N2O. The number of halogens is 3. The SMILES string of the molecule is CCCCN(CC(F)(F)F)C(=O)C(C)C(C)N.